The molecule has 3 N–H and O–H groups in total. The summed E-state index contributed by atoms with van der Waals surface area (Å²) in [5, 5.41) is 15.5. The maximum atomic E-state index is 12.1. The van der Waals surface area contributed by atoms with Crippen molar-refractivity contribution in [2.75, 3.05) is 0 Å². The molecule has 2 fully saturated rings. The standard InChI is InChI=1S/C18H26N2O2/c1-12(2-3-13-4-10-16(21)11-5-13)19-18(22)20-17(14-6-7-14)15-8-9-15/h4-5,10-12,14-15,17,21H,2-3,6-9H2,1H3,(H2,19,20,22). The molecular weight excluding hydrogens is 276 g/mol. The second kappa shape index (κ2) is 6.59. The molecule has 0 spiro atoms. The molecule has 2 aliphatic carbocycles. The van der Waals surface area contributed by atoms with Gasteiger partial charge in [-0.05, 0) is 75.0 Å². The third kappa shape index (κ3) is 4.39. The molecule has 2 amide bonds. The van der Waals surface area contributed by atoms with Gasteiger partial charge in [0.15, 0.2) is 0 Å². The van der Waals surface area contributed by atoms with Crippen molar-refractivity contribution in [3.8, 4) is 5.75 Å². The Morgan fingerprint density at radius 2 is 1.73 bits per heavy atom. The molecule has 1 atom stereocenters. The highest BCUT2D eigenvalue weighted by molar-refractivity contribution is 5.74. The van der Waals surface area contributed by atoms with Gasteiger partial charge < -0.3 is 15.7 Å². The second-order valence-electron chi connectivity index (χ2n) is 6.92. The van der Waals surface area contributed by atoms with Gasteiger partial charge in [0.2, 0.25) is 0 Å². The van der Waals surface area contributed by atoms with Crippen molar-refractivity contribution in [2.45, 2.75) is 57.5 Å². The largest absolute Gasteiger partial charge is 0.508 e. The van der Waals surface area contributed by atoms with Crippen molar-refractivity contribution in [3.05, 3.63) is 29.8 Å². The third-order valence-electron chi connectivity index (χ3n) is 4.74. The van der Waals surface area contributed by atoms with Gasteiger partial charge >= 0.3 is 6.03 Å². The van der Waals surface area contributed by atoms with Crippen LogP contribution in [0.15, 0.2) is 24.3 Å². The van der Waals surface area contributed by atoms with Crippen LogP contribution in [0.2, 0.25) is 0 Å². The fraction of sp³-hybridized carbons (Fsp3) is 0.611. The van der Waals surface area contributed by atoms with E-state index in [1.807, 2.05) is 19.1 Å². The first-order chi connectivity index (χ1) is 10.6. The molecule has 22 heavy (non-hydrogen) atoms. The van der Waals surface area contributed by atoms with Gasteiger partial charge in [-0.1, -0.05) is 12.1 Å². The average molecular weight is 302 g/mol. The maximum absolute atomic E-state index is 12.1. The van der Waals surface area contributed by atoms with Crippen LogP contribution in [0, 0.1) is 11.8 Å². The quantitative estimate of drug-likeness (QED) is 0.724. The van der Waals surface area contributed by atoms with Crippen LogP contribution in [0.1, 0.15) is 44.6 Å². The fourth-order valence-corrected chi connectivity index (χ4v) is 3.07. The molecule has 0 saturated heterocycles. The summed E-state index contributed by atoms with van der Waals surface area (Å²) in [5.74, 6) is 1.75. The van der Waals surface area contributed by atoms with Crippen LogP contribution in [-0.4, -0.2) is 23.2 Å². The molecule has 0 aliphatic heterocycles. The first-order valence-corrected chi connectivity index (χ1v) is 8.47. The number of nitrogens with one attached hydrogen (secondary N) is 2. The van der Waals surface area contributed by atoms with Gasteiger partial charge in [0.25, 0.3) is 0 Å². The Bertz CT molecular complexity index is 494. The SMILES string of the molecule is CC(CCc1ccc(O)cc1)NC(=O)NC(C1CC1)C1CC1. The monoisotopic (exact) mass is 302 g/mol. The molecular formula is C18H26N2O2. The highest BCUT2D eigenvalue weighted by Gasteiger charge is 2.42. The van der Waals surface area contributed by atoms with Gasteiger partial charge in [-0.2, -0.15) is 0 Å². The molecule has 3 rings (SSSR count). The number of amides is 2. The Balaban J connectivity index is 1.39. The van der Waals surface area contributed by atoms with Gasteiger partial charge in [0.1, 0.15) is 5.75 Å². The van der Waals surface area contributed by atoms with Crippen molar-refractivity contribution in [3.63, 3.8) is 0 Å². The fourth-order valence-electron chi connectivity index (χ4n) is 3.07. The lowest BCUT2D eigenvalue weighted by Gasteiger charge is -2.20. The highest BCUT2D eigenvalue weighted by atomic mass is 16.3. The topological polar surface area (TPSA) is 61.4 Å². The smallest absolute Gasteiger partial charge is 0.315 e. The van der Waals surface area contributed by atoms with E-state index < -0.39 is 0 Å². The lowest BCUT2D eigenvalue weighted by atomic mass is 10.1. The van der Waals surface area contributed by atoms with Crippen LogP contribution in [0.4, 0.5) is 4.79 Å². The summed E-state index contributed by atoms with van der Waals surface area (Å²) in [7, 11) is 0. The van der Waals surface area contributed by atoms with E-state index >= 15 is 0 Å². The van der Waals surface area contributed by atoms with Crippen molar-refractivity contribution in [1.29, 1.82) is 0 Å². The van der Waals surface area contributed by atoms with E-state index in [4.69, 9.17) is 0 Å². The zero-order chi connectivity index (χ0) is 15.5. The minimum absolute atomic E-state index is 0.0120. The van der Waals surface area contributed by atoms with E-state index in [-0.39, 0.29) is 12.1 Å². The number of aromatic hydroxyl groups is 1. The van der Waals surface area contributed by atoms with E-state index in [9.17, 15) is 9.90 Å². The number of rotatable bonds is 7. The van der Waals surface area contributed by atoms with Crippen LogP contribution >= 0.6 is 0 Å². The summed E-state index contributed by atoms with van der Waals surface area (Å²) < 4.78 is 0. The highest BCUT2D eigenvalue weighted by Crippen LogP contribution is 2.44. The van der Waals surface area contributed by atoms with Crippen LogP contribution in [0.25, 0.3) is 0 Å². The minimum atomic E-state index is -0.0120. The molecule has 1 aromatic carbocycles. The Hall–Kier alpha value is -1.71. The van der Waals surface area contributed by atoms with Gasteiger partial charge in [0, 0.05) is 12.1 Å². The van der Waals surface area contributed by atoms with Crippen LogP contribution in [0.5, 0.6) is 5.75 Å². The number of phenolic OH excluding ortho intramolecular Hbond substituents is 1. The van der Waals surface area contributed by atoms with Crippen molar-refractivity contribution in [2.24, 2.45) is 11.8 Å². The van der Waals surface area contributed by atoms with Crippen molar-refractivity contribution < 1.29 is 9.90 Å². The summed E-state index contributed by atoms with van der Waals surface area (Å²) in [5.41, 5.74) is 1.18. The Morgan fingerprint density at radius 1 is 1.14 bits per heavy atom. The molecule has 4 heteroatoms. The predicted molar refractivity (Wildman–Crippen MR) is 86.8 cm³/mol. The minimum Gasteiger partial charge on any atom is -0.508 e. The van der Waals surface area contributed by atoms with Crippen LogP contribution in [0.3, 0.4) is 0 Å². The molecule has 2 aliphatic rings. The number of urea groups is 1. The zero-order valence-electron chi connectivity index (χ0n) is 13.2. The second-order valence-corrected chi connectivity index (χ2v) is 6.92. The molecule has 1 unspecified atom stereocenters. The maximum Gasteiger partial charge on any atom is 0.315 e. The van der Waals surface area contributed by atoms with Crippen molar-refractivity contribution in [1.82, 2.24) is 10.6 Å². The van der Waals surface area contributed by atoms with E-state index in [0.717, 1.165) is 24.7 Å². The molecule has 4 nitrogen and oxygen atoms in total. The third-order valence-corrected chi connectivity index (χ3v) is 4.74. The van der Waals surface area contributed by atoms with Crippen molar-refractivity contribution >= 4 is 6.03 Å². The van der Waals surface area contributed by atoms with Gasteiger partial charge in [-0.15, -0.1) is 0 Å². The number of phenols is 1. The summed E-state index contributed by atoms with van der Waals surface area (Å²) in [6.45, 7) is 2.04. The summed E-state index contributed by atoms with van der Waals surface area (Å²) in [4.78, 5) is 12.1. The van der Waals surface area contributed by atoms with Crippen LogP contribution in [-0.2, 0) is 6.42 Å². The average Bonchev–Trinajstić information content (AvgIpc) is 3.38. The number of aryl methyl sites for hydroxylation is 1. The number of carbonyl (C=O) groups excluding carboxylic acids is 1. The molecule has 120 valence electrons. The summed E-state index contributed by atoms with van der Waals surface area (Å²) >= 11 is 0. The zero-order valence-corrected chi connectivity index (χ0v) is 13.2. The molecule has 1 aromatic rings. The molecule has 0 aromatic heterocycles. The first-order valence-electron chi connectivity index (χ1n) is 8.47. The summed E-state index contributed by atoms with van der Waals surface area (Å²) in [6, 6.07) is 7.81. The molecule has 2 saturated carbocycles. The Kier molecular flexibility index (Phi) is 4.55. The van der Waals surface area contributed by atoms with E-state index in [1.54, 1.807) is 12.1 Å². The molecule has 0 bridgehead atoms. The van der Waals surface area contributed by atoms with E-state index in [1.165, 1.54) is 31.2 Å². The summed E-state index contributed by atoms with van der Waals surface area (Å²) in [6.07, 6.45) is 6.90. The Morgan fingerprint density at radius 3 is 2.27 bits per heavy atom. The lowest BCUT2D eigenvalue weighted by Crippen LogP contribution is -2.47. The number of hydrogen-bond donors (Lipinski definition) is 3. The number of hydrogen-bond acceptors (Lipinski definition) is 2. The van der Waals surface area contributed by atoms with E-state index in [0.29, 0.717) is 11.8 Å². The predicted octanol–water partition coefficient (Wildman–Crippen LogP) is 3.20. The molecule has 0 heterocycles. The van der Waals surface area contributed by atoms with Gasteiger partial charge in [0.05, 0.1) is 0 Å². The van der Waals surface area contributed by atoms with Crippen LogP contribution < -0.4 is 10.6 Å². The Labute approximate surface area is 132 Å². The van der Waals surface area contributed by atoms with E-state index in [2.05, 4.69) is 10.6 Å². The normalized spacial score (nSPS) is 19.0. The van der Waals surface area contributed by atoms with Gasteiger partial charge in [-0.3, -0.25) is 0 Å². The van der Waals surface area contributed by atoms with Gasteiger partial charge in [-0.25, -0.2) is 4.79 Å². The number of benzene rings is 1. The lowest BCUT2D eigenvalue weighted by molar-refractivity contribution is 0.229. The molecule has 0 radical (unpaired) electrons. The first kappa shape index (κ1) is 15.2. The number of carbonyl (C=O) groups is 1.